The van der Waals surface area contributed by atoms with Crippen LogP contribution in [-0.2, 0) is 0 Å². The minimum atomic E-state index is -6.18. The van der Waals surface area contributed by atoms with E-state index in [-0.39, 0.29) is 0 Å². The molecule has 0 aliphatic carbocycles. The molecule has 0 fully saturated rings. The fourth-order valence-corrected chi connectivity index (χ4v) is 4.40. The SMILES string of the molecule is FC(F)(F)C#[C][Ge]([C]#CC(F)(F)F)([C]#CC(F)(F)F)[C]#CC(F)(F)F. The second-order valence-electron chi connectivity index (χ2n) is 3.74. The first-order chi connectivity index (χ1) is 10.8. The minimum absolute atomic E-state index is 0.295. The first kappa shape index (κ1) is 22.9. The molecule has 0 aliphatic heterocycles. The van der Waals surface area contributed by atoms with E-state index < -0.39 is 38.0 Å². The Morgan fingerprint density at radius 3 is 0.640 bits per heavy atom. The fourth-order valence-electron chi connectivity index (χ4n) is 0.846. The molecule has 0 unspecified atom stereocenters. The van der Waals surface area contributed by atoms with Gasteiger partial charge in [-0.2, -0.15) is 0 Å². The number of hydrogen-bond acceptors (Lipinski definition) is 0. The summed E-state index contributed by atoms with van der Waals surface area (Å²) < 4.78 is 148. The van der Waals surface area contributed by atoms with E-state index in [0.29, 0.717) is 23.7 Å². The van der Waals surface area contributed by atoms with E-state index in [1.54, 1.807) is 0 Å². The molecule has 0 N–H and O–H groups in total. The Morgan fingerprint density at radius 1 is 0.360 bits per heavy atom. The molecule has 0 aromatic carbocycles. The third-order valence-electron chi connectivity index (χ3n) is 1.57. The van der Waals surface area contributed by atoms with Gasteiger partial charge in [-0.3, -0.25) is 0 Å². The number of halogens is 12. The van der Waals surface area contributed by atoms with Gasteiger partial charge in [-0.15, -0.1) is 0 Å². The van der Waals surface area contributed by atoms with Crippen LogP contribution < -0.4 is 0 Å². The van der Waals surface area contributed by atoms with Crippen LogP contribution in [0, 0.1) is 42.7 Å². The normalized spacial score (nSPS) is 12.3. The molecule has 0 heterocycles. The Balaban J connectivity index is 6.66. The van der Waals surface area contributed by atoms with Gasteiger partial charge in [0.05, 0.1) is 0 Å². The molecule has 136 valence electrons. The molecule has 0 spiro atoms. The van der Waals surface area contributed by atoms with Crippen LogP contribution in [0.2, 0.25) is 0 Å². The van der Waals surface area contributed by atoms with E-state index in [1.165, 1.54) is 0 Å². The zero-order valence-corrected chi connectivity index (χ0v) is 13.1. The quantitative estimate of drug-likeness (QED) is 0.302. The molecular formula is C12F12Ge. The van der Waals surface area contributed by atoms with Crippen LogP contribution in [0.5, 0.6) is 0 Å². The Morgan fingerprint density at radius 2 is 0.520 bits per heavy atom. The average molecular weight is 445 g/mol. The van der Waals surface area contributed by atoms with Crippen molar-refractivity contribution >= 4 is 13.3 Å². The average Bonchev–Trinajstić information content (AvgIpc) is 2.33. The van der Waals surface area contributed by atoms with Crippen molar-refractivity contribution in [1.29, 1.82) is 0 Å². The van der Waals surface area contributed by atoms with Gasteiger partial charge >= 0.3 is 133 Å². The topological polar surface area (TPSA) is 0 Å². The van der Waals surface area contributed by atoms with Crippen molar-refractivity contribution in [2.24, 2.45) is 0 Å². The monoisotopic (exact) mass is 446 g/mol. The molecule has 0 nitrogen and oxygen atoms in total. The third kappa shape index (κ3) is 13.0. The van der Waals surface area contributed by atoms with Crippen LogP contribution >= 0.6 is 0 Å². The third-order valence-corrected chi connectivity index (χ3v) is 5.76. The Hall–Kier alpha value is -2.06. The predicted molar refractivity (Wildman–Crippen MR) is 61.1 cm³/mol. The van der Waals surface area contributed by atoms with Crippen LogP contribution in [0.1, 0.15) is 0 Å². The zero-order chi connectivity index (χ0) is 20.2. The summed E-state index contributed by atoms with van der Waals surface area (Å²) in [5.41, 5.74) is 0. The molecule has 0 aromatic heterocycles. The van der Waals surface area contributed by atoms with Crippen LogP contribution in [0.4, 0.5) is 52.7 Å². The van der Waals surface area contributed by atoms with Gasteiger partial charge in [-0.25, -0.2) is 0 Å². The van der Waals surface area contributed by atoms with Crippen molar-refractivity contribution in [3.05, 3.63) is 0 Å². The number of hydrogen-bond donors (Lipinski definition) is 0. The van der Waals surface area contributed by atoms with Gasteiger partial charge in [0.25, 0.3) is 0 Å². The number of alkyl halides is 12. The summed E-state index contributed by atoms with van der Waals surface area (Å²) in [7, 11) is 0. The van der Waals surface area contributed by atoms with Gasteiger partial charge in [-0.1, -0.05) is 0 Å². The molecule has 0 aromatic rings. The Bertz CT molecular complexity index is 597. The maximum absolute atomic E-state index is 12.1. The van der Waals surface area contributed by atoms with Crippen LogP contribution in [0.25, 0.3) is 0 Å². The summed E-state index contributed by atoms with van der Waals surface area (Å²) >= 11 is -6.18. The van der Waals surface area contributed by atoms with Crippen LogP contribution in [0.3, 0.4) is 0 Å². The summed E-state index contributed by atoms with van der Waals surface area (Å²) in [6, 6.07) is 0. The molecule has 0 bridgehead atoms. The summed E-state index contributed by atoms with van der Waals surface area (Å²) in [6.07, 6.45) is -21.7. The molecule has 0 atom stereocenters. The van der Waals surface area contributed by atoms with Gasteiger partial charge in [0, 0.05) is 0 Å². The maximum atomic E-state index is 12.1. The second kappa shape index (κ2) is 7.45. The van der Waals surface area contributed by atoms with Gasteiger partial charge in [0.1, 0.15) is 0 Å². The van der Waals surface area contributed by atoms with Crippen molar-refractivity contribution in [2.75, 3.05) is 0 Å². The van der Waals surface area contributed by atoms with E-state index in [4.69, 9.17) is 0 Å². The second-order valence-corrected chi connectivity index (χ2v) is 8.99. The molecule has 13 heteroatoms. The van der Waals surface area contributed by atoms with Gasteiger partial charge in [0.2, 0.25) is 0 Å². The molecule has 0 amide bonds. The Kier molecular flexibility index (Phi) is 6.84. The molecule has 25 heavy (non-hydrogen) atoms. The molecule has 0 radical (unpaired) electrons. The Labute approximate surface area is 134 Å². The van der Waals surface area contributed by atoms with E-state index in [9.17, 15) is 52.7 Å². The molecule has 0 rings (SSSR count). The van der Waals surface area contributed by atoms with E-state index in [1.807, 2.05) is 0 Å². The first-order valence-corrected chi connectivity index (χ1v) is 9.46. The number of rotatable bonds is 0. The van der Waals surface area contributed by atoms with E-state index in [0.717, 1.165) is 19.0 Å². The van der Waals surface area contributed by atoms with Crippen LogP contribution in [-0.4, -0.2) is 38.0 Å². The van der Waals surface area contributed by atoms with Gasteiger partial charge in [0.15, 0.2) is 0 Å². The predicted octanol–water partition coefficient (Wildman–Crippen LogP) is 3.85. The van der Waals surface area contributed by atoms with Crippen molar-refractivity contribution in [3.63, 3.8) is 0 Å². The van der Waals surface area contributed by atoms with Crippen molar-refractivity contribution in [1.82, 2.24) is 0 Å². The van der Waals surface area contributed by atoms with Crippen molar-refractivity contribution in [3.8, 4) is 42.7 Å². The summed E-state index contributed by atoms with van der Waals surface area (Å²) in [5.74, 6) is 1.18. The van der Waals surface area contributed by atoms with Crippen molar-refractivity contribution in [2.45, 2.75) is 24.7 Å². The summed E-state index contributed by atoms with van der Waals surface area (Å²) in [5, 5.41) is 0. The van der Waals surface area contributed by atoms with E-state index >= 15 is 0 Å². The zero-order valence-electron chi connectivity index (χ0n) is 11.0. The summed E-state index contributed by atoms with van der Waals surface area (Å²) in [6.45, 7) is 0. The van der Waals surface area contributed by atoms with Crippen LogP contribution in [0.15, 0.2) is 0 Å². The molecule has 0 saturated heterocycles. The van der Waals surface area contributed by atoms with Gasteiger partial charge < -0.3 is 0 Å². The van der Waals surface area contributed by atoms with Crippen molar-refractivity contribution < 1.29 is 52.7 Å². The van der Waals surface area contributed by atoms with Gasteiger partial charge in [-0.05, 0) is 0 Å². The van der Waals surface area contributed by atoms with E-state index in [2.05, 4.69) is 0 Å². The summed E-state index contributed by atoms with van der Waals surface area (Å²) in [4.78, 5) is 0. The fraction of sp³-hybridized carbons (Fsp3) is 0.333. The standard InChI is InChI=1S/C12F12Ge/c13-9(14,15)1-5-25(6-2-10(16,17)18,7-3-11(19,20)21)8-4-12(22,23)24. The molecule has 0 aliphatic rings. The first-order valence-electron chi connectivity index (χ1n) is 5.27. The molecular weight excluding hydrogens is 445 g/mol. The molecule has 0 saturated carbocycles.